The van der Waals surface area contributed by atoms with Gasteiger partial charge in [-0.3, -0.25) is 4.79 Å². The number of ketones is 1. The highest BCUT2D eigenvalue weighted by atomic mass is 16.5. The van der Waals surface area contributed by atoms with Crippen LogP contribution >= 0.6 is 0 Å². The molecule has 1 aliphatic carbocycles. The van der Waals surface area contributed by atoms with E-state index in [1.54, 1.807) is 7.11 Å². The van der Waals surface area contributed by atoms with Crippen LogP contribution in [0.1, 0.15) is 81.1 Å². The van der Waals surface area contributed by atoms with E-state index in [1.807, 2.05) is 61.5 Å². The highest BCUT2D eigenvalue weighted by Crippen LogP contribution is 2.50. The predicted molar refractivity (Wildman–Crippen MR) is 129 cm³/mol. The standard InChI is InChI=1S/C27H42O4/c1-10-20(8)23(28)22-24(29)21(12-11-17(2)3)26(31-9)27(25(22)30,15-13-18(4)5)16-14-19(6)7/h11,13-14,20,25,29-30H,10,12,15-16H2,1-9H3. The number of allylic oxidation sites excluding steroid dienone is 7. The van der Waals surface area contributed by atoms with Crippen LogP contribution in [0.5, 0.6) is 0 Å². The molecule has 0 saturated heterocycles. The number of hydrogen-bond donors (Lipinski definition) is 2. The van der Waals surface area contributed by atoms with Crippen molar-refractivity contribution >= 4 is 5.78 Å². The number of ether oxygens (including phenoxy) is 1. The zero-order valence-corrected chi connectivity index (χ0v) is 20.9. The zero-order chi connectivity index (χ0) is 23.9. The van der Waals surface area contributed by atoms with E-state index >= 15 is 0 Å². The monoisotopic (exact) mass is 430 g/mol. The Morgan fingerprint density at radius 3 is 1.90 bits per heavy atom. The molecule has 2 unspecified atom stereocenters. The molecule has 4 nitrogen and oxygen atoms in total. The molecule has 174 valence electrons. The van der Waals surface area contributed by atoms with E-state index in [2.05, 4.69) is 12.2 Å². The maximum Gasteiger partial charge on any atom is 0.168 e. The van der Waals surface area contributed by atoms with Gasteiger partial charge in [-0.25, -0.2) is 0 Å². The molecule has 0 aliphatic heterocycles. The van der Waals surface area contributed by atoms with Crippen molar-refractivity contribution in [2.24, 2.45) is 11.3 Å². The lowest BCUT2D eigenvalue weighted by atomic mass is 9.65. The minimum atomic E-state index is -1.16. The fraction of sp³-hybridized carbons (Fsp3) is 0.593. The molecule has 1 aliphatic rings. The van der Waals surface area contributed by atoms with Crippen molar-refractivity contribution in [3.05, 3.63) is 57.6 Å². The number of aliphatic hydroxyl groups is 2. The van der Waals surface area contributed by atoms with Gasteiger partial charge in [-0.2, -0.15) is 0 Å². The van der Waals surface area contributed by atoms with Gasteiger partial charge in [-0.1, -0.05) is 48.8 Å². The first-order valence-corrected chi connectivity index (χ1v) is 11.3. The SMILES string of the molecule is CCC(C)C(=O)C1=C(O)C(CC=C(C)C)=C(OC)C(CC=C(C)C)(CC=C(C)C)C1O. The van der Waals surface area contributed by atoms with E-state index in [9.17, 15) is 15.0 Å². The molecular weight excluding hydrogens is 388 g/mol. The van der Waals surface area contributed by atoms with Crippen LogP contribution in [0.3, 0.4) is 0 Å². The molecule has 0 aromatic rings. The van der Waals surface area contributed by atoms with Crippen LogP contribution in [0.25, 0.3) is 0 Å². The zero-order valence-electron chi connectivity index (χ0n) is 20.9. The van der Waals surface area contributed by atoms with Crippen LogP contribution in [0, 0.1) is 11.3 Å². The summed E-state index contributed by atoms with van der Waals surface area (Å²) in [5, 5.41) is 22.9. The minimum Gasteiger partial charge on any atom is -0.507 e. The van der Waals surface area contributed by atoms with Crippen LogP contribution in [-0.2, 0) is 9.53 Å². The second kappa shape index (κ2) is 11.5. The van der Waals surface area contributed by atoms with Crippen LogP contribution in [-0.4, -0.2) is 29.2 Å². The fourth-order valence-electron chi connectivity index (χ4n) is 3.89. The van der Waals surface area contributed by atoms with E-state index in [4.69, 9.17) is 4.74 Å². The maximum atomic E-state index is 13.3. The lowest BCUT2D eigenvalue weighted by molar-refractivity contribution is -0.121. The minimum absolute atomic E-state index is 0.122. The Bertz CT molecular complexity index is 788. The van der Waals surface area contributed by atoms with Gasteiger partial charge in [0.2, 0.25) is 0 Å². The lowest BCUT2D eigenvalue weighted by Crippen LogP contribution is -2.45. The third-order valence-corrected chi connectivity index (χ3v) is 6.06. The molecule has 4 heteroatoms. The molecule has 2 N–H and O–H groups in total. The highest BCUT2D eigenvalue weighted by Gasteiger charge is 2.51. The van der Waals surface area contributed by atoms with E-state index < -0.39 is 11.5 Å². The Hall–Kier alpha value is -2.07. The average molecular weight is 431 g/mol. The van der Waals surface area contributed by atoms with Gasteiger partial charge in [-0.05, 0) is 67.2 Å². The van der Waals surface area contributed by atoms with Crippen LogP contribution < -0.4 is 0 Å². The molecule has 0 radical (unpaired) electrons. The molecule has 0 spiro atoms. The van der Waals surface area contributed by atoms with Gasteiger partial charge >= 0.3 is 0 Å². The number of Topliss-reactive ketones (excluding diaryl/α,β-unsaturated/α-hetero) is 1. The third kappa shape index (κ3) is 6.22. The van der Waals surface area contributed by atoms with Gasteiger partial charge in [0.25, 0.3) is 0 Å². The maximum absolute atomic E-state index is 13.3. The van der Waals surface area contributed by atoms with Gasteiger partial charge in [0.15, 0.2) is 5.78 Å². The van der Waals surface area contributed by atoms with Gasteiger partial charge < -0.3 is 14.9 Å². The molecule has 0 aromatic heterocycles. The number of aliphatic hydroxyl groups excluding tert-OH is 2. The molecule has 1 rings (SSSR count). The summed E-state index contributed by atoms with van der Waals surface area (Å²) in [5.74, 6) is -0.0517. The van der Waals surface area contributed by atoms with Crippen LogP contribution in [0.2, 0.25) is 0 Å². The van der Waals surface area contributed by atoms with Crippen molar-refractivity contribution < 1.29 is 19.7 Å². The molecule has 2 atom stereocenters. The first-order chi connectivity index (χ1) is 14.4. The van der Waals surface area contributed by atoms with E-state index in [0.29, 0.717) is 37.0 Å². The third-order valence-electron chi connectivity index (χ3n) is 6.06. The number of rotatable bonds is 10. The first kappa shape index (κ1) is 27.0. The fourth-order valence-corrected chi connectivity index (χ4v) is 3.89. The molecule has 0 aromatic carbocycles. The summed E-state index contributed by atoms with van der Waals surface area (Å²) in [6, 6.07) is 0. The summed E-state index contributed by atoms with van der Waals surface area (Å²) >= 11 is 0. The van der Waals surface area contributed by atoms with Gasteiger partial charge in [-0.15, -0.1) is 0 Å². The summed E-state index contributed by atoms with van der Waals surface area (Å²) in [6.45, 7) is 15.8. The molecule has 0 amide bonds. The van der Waals surface area contributed by atoms with Crippen molar-refractivity contribution in [1.29, 1.82) is 0 Å². The summed E-state index contributed by atoms with van der Waals surface area (Å²) in [4.78, 5) is 13.3. The average Bonchev–Trinajstić information content (AvgIpc) is 2.70. The number of carbonyl (C=O) groups excluding carboxylic acids is 1. The topological polar surface area (TPSA) is 66.8 Å². The van der Waals surface area contributed by atoms with Crippen LogP contribution in [0.15, 0.2) is 57.6 Å². The van der Waals surface area contributed by atoms with E-state index in [-0.39, 0.29) is 23.0 Å². The molecule has 0 heterocycles. The molecule has 0 saturated carbocycles. The summed E-state index contributed by atoms with van der Waals surface area (Å²) in [5.41, 5.74) is 3.20. The largest absolute Gasteiger partial charge is 0.507 e. The Labute approximate surface area is 189 Å². The first-order valence-electron chi connectivity index (χ1n) is 11.3. The molecule has 0 bridgehead atoms. The van der Waals surface area contributed by atoms with Crippen molar-refractivity contribution in [2.75, 3.05) is 7.11 Å². The number of methoxy groups -OCH3 is 1. The quantitative estimate of drug-likeness (QED) is 0.376. The Morgan fingerprint density at radius 1 is 1.03 bits per heavy atom. The number of hydrogen-bond acceptors (Lipinski definition) is 4. The van der Waals surface area contributed by atoms with Gasteiger partial charge in [0.1, 0.15) is 11.5 Å². The predicted octanol–water partition coefficient (Wildman–Crippen LogP) is 6.74. The highest BCUT2D eigenvalue weighted by molar-refractivity contribution is 5.99. The van der Waals surface area contributed by atoms with Gasteiger partial charge in [0.05, 0.1) is 24.2 Å². The summed E-state index contributed by atoms with van der Waals surface area (Å²) < 4.78 is 5.90. The van der Waals surface area contributed by atoms with E-state index in [1.165, 1.54) is 0 Å². The molecular formula is C27H42O4. The number of carbonyl (C=O) groups is 1. The van der Waals surface area contributed by atoms with Crippen molar-refractivity contribution in [2.45, 2.75) is 87.2 Å². The smallest absolute Gasteiger partial charge is 0.168 e. The molecule has 31 heavy (non-hydrogen) atoms. The Kier molecular flexibility index (Phi) is 10.0. The van der Waals surface area contributed by atoms with E-state index in [0.717, 1.165) is 16.7 Å². The molecule has 0 fully saturated rings. The van der Waals surface area contributed by atoms with Crippen LogP contribution in [0.4, 0.5) is 0 Å². The van der Waals surface area contributed by atoms with Gasteiger partial charge in [0, 0.05) is 11.5 Å². The summed E-state index contributed by atoms with van der Waals surface area (Å²) in [6.07, 6.45) is 7.10. The summed E-state index contributed by atoms with van der Waals surface area (Å²) in [7, 11) is 1.58. The Balaban J connectivity index is 3.95. The van der Waals surface area contributed by atoms with Crippen molar-refractivity contribution in [3.8, 4) is 0 Å². The normalized spacial score (nSPS) is 19.0. The van der Waals surface area contributed by atoms with Crippen molar-refractivity contribution in [3.63, 3.8) is 0 Å². The second-order valence-electron chi connectivity index (χ2n) is 9.46. The van der Waals surface area contributed by atoms with Crippen molar-refractivity contribution in [1.82, 2.24) is 0 Å². The second-order valence-corrected chi connectivity index (χ2v) is 9.46. The lowest BCUT2D eigenvalue weighted by Gasteiger charge is -2.43. The Morgan fingerprint density at radius 2 is 1.52 bits per heavy atom.